The van der Waals surface area contributed by atoms with Gasteiger partial charge in [-0.2, -0.15) is 0 Å². The molecule has 7 heteroatoms. The molecule has 0 aliphatic carbocycles. The van der Waals surface area contributed by atoms with E-state index in [1.165, 1.54) is 4.90 Å². The fraction of sp³-hybridized carbons (Fsp3) is 0.200. The van der Waals surface area contributed by atoms with E-state index in [0.717, 1.165) is 33.8 Å². The molecular weight excluding hydrogens is 426 g/mol. The molecule has 1 aromatic heterocycles. The van der Waals surface area contributed by atoms with Crippen molar-refractivity contribution in [2.75, 3.05) is 7.11 Å². The predicted octanol–water partition coefficient (Wildman–Crippen LogP) is 5.16. The Kier molecular flexibility index (Phi) is 5.80. The SMILES string of the molecule is COc1ccc(Cl)cc1-n1c(C)cc(/C=C2/NC(=O)N(Cc3ccc(C)cc3)C2=O)c1C. The summed E-state index contributed by atoms with van der Waals surface area (Å²) >= 11 is 6.22. The number of hydrogen-bond donors (Lipinski definition) is 1. The van der Waals surface area contributed by atoms with Gasteiger partial charge in [-0.1, -0.05) is 41.4 Å². The first kappa shape index (κ1) is 21.7. The van der Waals surface area contributed by atoms with E-state index in [4.69, 9.17) is 16.3 Å². The van der Waals surface area contributed by atoms with Gasteiger partial charge in [0.15, 0.2) is 0 Å². The van der Waals surface area contributed by atoms with Crippen molar-refractivity contribution in [3.8, 4) is 11.4 Å². The van der Waals surface area contributed by atoms with Gasteiger partial charge < -0.3 is 14.6 Å². The number of aryl methyl sites for hydroxylation is 2. The van der Waals surface area contributed by atoms with E-state index >= 15 is 0 Å². The van der Waals surface area contributed by atoms with Crippen LogP contribution >= 0.6 is 11.6 Å². The second-order valence-electron chi connectivity index (χ2n) is 7.84. The number of nitrogens with zero attached hydrogens (tertiary/aromatic N) is 2. The molecule has 0 bridgehead atoms. The van der Waals surface area contributed by atoms with Crippen LogP contribution in [-0.2, 0) is 11.3 Å². The zero-order valence-corrected chi connectivity index (χ0v) is 19.2. The van der Waals surface area contributed by atoms with Gasteiger partial charge in [0.1, 0.15) is 11.4 Å². The molecule has 1 aliphatic heterocycles. The number of aromatic nitrogens is 1. The Labute approximate surface area is 192 Å². The largest absolute Gasteiger partial charge is 0.495 e. The number of benzene rings is 2. The summed E-state index contributed by atoms with van der Waals surface area (Å²) in [7, 11) is 1.61. The maximum absolute atomic E-state index is 12.9. The van der Waals surface area contributed by atoms with Gasteiger partial charge in [-0.05, 0) is 62.2 Å². The molecule has 1 N–H and O–H groups in total. The fourth-order valence-corrected chi connectivity index (χ4v) is 4.06. The summed E-state index contributed by atoms with van der Waals surface area (Å²) in [6.45, 7) is 6.13. The first-order chi connectivity index (χ1) is 15.3. The van der Waals surface area contributed by atoms with Crippen molar-refractivity contribution in [2.24, 2.45) is 0 Å². The van der Waals surface area contributed by atoms with Gasteiger partial charge in [0, 0.05) is 16.4 Å². The highest BCUT2D eigenvalue weighted by Crippen LogP contribution is 2.31. The molecule has 32 heavy (non-hydrogen) atoms. The number of carbonyl (C=O) groups excluding carboxylic acids is 2. The van der Waals surface area contributed by atoms with Crippen LogP contribution in [0.4, 0.5) is 4.79 Å². The number of nitrogens with one attached hydrogen (secondary N) is 1. The van der Waals surface area contributed by atoms with Crippen LogP contribution in [0.3, 0.4) is 0 Å². The highest BCUT2D eigenvalue weighted by Gasteiger charge is 2.33. The number of hydrogen-bond acceptors (Lipinski definition) is 3. The van der Waals surface area contributed by atoms with Crippen LogP contribution in [-0.4, -0.2) is 28.5 Å². The summed E-state index contributed by atoms with van der Waals surface area (Å²) in [5.41, 5.74) is 5.75. The first-order valence-corrected chi connectivity index (χ1v) is 10.6. The van der Waals surface area contributed by atoms with Gasteiger partial charge >= 0.3 is 6.03 Å². The van der Waals surface area contributed by atoms with E-state index < -0.39 is 6.03 Å². The second-order valence-corrected chi connectivity index (χ2v) is 8.28. The average molecular weight is 450 g/mol. The molecule has 164 valence electrons. The van der Waals surface area contributed by atoms with Crippen LogP contribution < -0.4 is 10.1 Å². The number of imide groups is 1. The van der Waals surface area contributed by atoms with Gasteiger partial charge in [0.2, 0.25) is 0 Å². The Balaban J connectivity index is 1.66. The summed E-state index contributed by atoms with van der Waals surface area (Å²) in [5, 5.41) is 3.30. The van der Waals surface area contributed by atoms with E-state index in [0.29, 0.717) is 10.8 Å². The minimum absolute atomic E-state index is 0.223. The number of amides is 3. The topological polar surface area (TPSA) is 63.6 Å². The van der Waals surface area contributed by atoms with Crippen LogP contribution in [0.15, 0.2) is 54.2 Å². The third-order valence-corrected chi connectivity index (χ3v) is 5.81. The molecule has 6 nitrogen and oxygen atoms in total. The van der Waals surface area contributed by atoms with Gasteiger partial charge in [0.25, 0.3) is 5.91 Å². The molecule has 2 aromatic carbocycles. The lowest BCUT2D eigenvalue weighted by molar-refractivity contribution is -0.123. The Morgan fingerprint density at radius 3 is 2.44 bits per heavy atom. The van der Waals surface area contributed by atoms with E-state index in [1.807, 2.05) is 67.8 Å². The standard InChI is InChI=1S/C25H24ClN3O3/c1-15-5-7-18(8-6-15)14-28-24(30)21(27-25(28)31)12-19-11-16(2)29(17(19)3)22-13-20(26)9-10-23(22)32-4/h5-13H,14H2,1-4H3,(H,27,31)/b21-12+. The zero-order valence-electron chi connectivity index (χ0n) is 18.4. The lowest BCUT2D eigenvalue weighted by Gasteiger charge is -2.14. The lowest BCUT2D eigenvalue weighted by atomic mass is 10.1. The molecule has 1 saturated heterocycles. The average Bonchev–Trinajstić information content (AvgIpc) is 3.18. The zero-order chi connectivity index (χ0) is 23.0. The van der Waals surface area contributed by atoms with Crippen LogP contribution in [0.2, 0.25) is 5.02 Å². The third kappa shape index (κ3) is 4.01. The van der Waals surface area contributed by atoms with Gasteiger partial charge in [0.05, 0.1) is 19.3 Å². The van der Waals surface area contributed by atoms with Crippen LogP contribution in [0, 0.1) is 20.8 Å². The molecule has 0 radical (unpaired) electrons. The molecule has 3 aromatic rings. The number of urea groups is 1. The Morgan fingerprint density at radius 2 is 1.75 bits per heavy atom. The number of halogens is 1. The molecule has 1 aliphatic rings. The van der Waals surface area contributed by atoms with E-state index in [1.54, 1.807) is 19.3 Å². The molecule has 3 amide bonds. The van der Waals surface area contributed by atoms with Crippen molar-refractivity contribution in [2.45, 2.75) is 27.3 Å². The summed E-state index contributed by atoms with van der Waals surface area (Å²) in [6.07, 6.45) is 1.71. The molecule has 1 fully saturated rings. The Morgan fingerprint density at radius 1 is 1.03 bits per heavy atom. The minimum atomic E-state index is -0.424. The molecule has 4 rings (SSSR count). The monoisotopic (exact) mass is 449 g/mol. The van der Waals surface area contributed by atoms with Crippen molar-refractivity contribution in [3.05, 3.63) is 87.3 Å². The summed E-state index contributed by atoms with van der Waals surface area (Å²) in [5.74, 6) is 0.339. The molecule has 0 unspecified atom stereocenters. The second kappa shape index (κ2) is 8.55. The fourth-order valence-electron chi connectivity index (χ4n) is 3.89. The maximum Gasteiger partial charge on any atom is 0.329 e. The summed E-state index contributed by atoms with van der Waals surface area (Å²) < 4.78 is 7.52. The Hall–Kier alpha value is -3.51. The molecule has 0 spiro atoms. The van der Waals surface area contributed by atoms with Crippen molar-refractivity contribution in [1.29, 1.82) is 0 Å². The van der Waals surface area contributed by atoms with Crippen molar-refractivity contribution in [3.63, 3.8) is 0 Å². The molecule has 2 heterocycles. The number of carbonyl (C=O) groups is 2. The molecule has 0 saturated carbocycles. The summed E-state index contributed by atoms with van der Waals surface area (Å²) in [4.78, 5) is 26.6. The first-order valence-electron chi connectivity index (χ1n) is 10.2. The van der Waals surface area contributed by atoms with Crippen LogP contribution in [0.5, 0.6) is 5.75 Å². The van der Waals surface area contributed by atoms with Crippen molar-refractivity contribution < 1.29 is 14.3 Å². The lowest BCUT2D eigenvalue weighted by Crippen LogP contribution is -2.30. The predicted molar refractivity (Wildman–Crippen MR) is 125 cm³/mol. The molecule has 0 atom stereocenters. The highest BCUT2D eigenvalue weighted by molar-refractivity contribution is 6.30. The summed E-state index contributed by atoms with van der Waals surface area (Å²) in [6, 6.07) is 14.7. The Bertz CT molecular complexity index is 1240. The van der Waals surface area contributed by atoms with Crippen molar-refractivity contribution in [1.82, 2.24) is 14.8 Å². The van der Waals surface area contributed by atoms with Gasteiger partial charge in [-0.15, -0.1) is 0 Å². The smallest absolute Gasteiger partial charge is 0.329 e. The number of rotatable bonds is 5. The maximum atomic E-state index is 12.9. The van der Waals surface area contributed by atoms with Gasteiger partial charge in [-0.3, -0.25) is 9.69 Å². The quantitative estimate of drug-likeness (QED) is 0.432. The van der Waals surface area contributed by atoms with E-state index in [2.05, 4.69) is 5.32 Å². The van der Waals surface area contributed by atoms with Gasteiger partial charge in [-0.25, -0.2) is 4.79 Å². The third-order valence-electron chi connectivity index (χ3n) is 5.58. The number of methoxy groups -OCH3 is 1. The highest BCUT2D eigenvalue weighted by atomic mass is 35.5. The van der Waals surface area contributed by atoms with Crippen LogP contribution in [0.1, 0.15) is 28.1 Å². The molecular formula is C25H24ClN3O3. The van der Waals surface area contributed by atoms with Crippen LogP contribution in [0.25, 0.3) is 11.8 Å². The van der Waals surface area contributed by atoms with E-state index in [9.17, 15) is 9.59 Å². The van der Waals surface area contributed by atoms with Crippen molar-refractivity contribution >= 4 is 29.6 Å². The number of ether oxygens (including phenoxy) is 1. The minimum Gasteiger partial charge on any atom is -0.495 e. The normalized spacial score (nSPS) is 14.9. The van der Waals surface area contributed by atoms with E-state index in [-0.39, 0.29) is 18.1 Å².